The van der Waals surface area contributed by atoms with E-state index in [2.05, 4.69) is 15.6 Å². The van der Waals surface area contributed by atoms with E-state index < -0.39 is 11.9 Å². The van der Waals surface area contributed by atoms with E-state index in [1.165, 1.54) is 27.6 Å². The molecule has 0 fully saturated rings. The number of amides is 2. The first-order valence-electron chi connectivity index (χ1n) is 5.87. The van der Waals surface area contributed by atoms with Gasteiger partial charge in [-0.15, -0.1) is 0 Å². The zero-order valence-electron chi connectivity index (χ0n) is 11.3. The summed E-state index contributed by atoms with van der Waals surface area (Å²) in [6.07, 6.45) is 3.42. The van der Waals surface area contributed by atoms with Gasteiger partial charge in [-0.25, -0.2) is 9.78 Å². The molecule has 0 bridgehead atoms. The van der Waals surface area contributed by atoms with Gasteiger partial charge in [-0.05, 0) is 6.07 Å². The largest absolute Gasteiger partial charge is 0.477 e. The molecule has 2 heterocycles. The molecule has 0 aromatic carbocycles. The minimum Gasteiger partial charge on any atom is -0.477 e. The fourth-order valence-corrected chi connectivity index (χ4v) is 1.84. The van der Waals surface area contributed by atoms with E-state index in [9.17, 15) is 14.4 Å². The zero-order chi connectivity index (χ0) is 15.6. The summed E-state index contributed by atoms with van der Waals surface area (Å²) < 4.78 is 2.83. The van der Waals surface area contributed by atoms with Gasteiger partial charge in [0.1, 0.15) is 5.69 Å². The Labute approximate surface area is 119 Å². The number of hydrogen-bond acceptors (Lipinski definition) is 4. The molecular weight excluding hydrogens is 278 g/mol. The number of rotatable bonds is 5. The maximum absolute atomic E-state index is 12.1. The fraction of sp³-hybridized carbons (Fsp3) is 0.167. The fourth-order valence-electron chi connectivity index (χ4n) is 1.84. The van der Waals surface area contributed by atoms with E-state index in [-0.39, 0.29) is 17.3 Å². The number of carboxylic acids is 1. The van der Waals surface area contributed by atoms with E-state index in [4.69, 9.17) is 5.11 Å². The molecule has 0 unspecified atom stereocenters. The highest BCUT2D eigenvalue weighted by molar-refractivity contribution is 6.03. The number of aromatic nitrogens is 3. The first-order chi connectivity index (χ1) is 9.92. The maximum atomic E-state index is 12.1. The molecule has 0 saturated heterocycles. The lowest BCUT2D eigenvalue weighted by Crippen LogP contribution is -2.16. The Balaban J connectivity index is 2.19. The van der Waals surface area contributed by atoms with Crippen LogP contribution in [0, 0.1) is 0 Å². The molecule has 2 amide bonds. The molecule has 2 rings (SSSR count). The highest BCUT2D eigenvalue weighted by Crippen LogP contribution is 2.14. The van der Waals surface area contributed by atoms with Crippen LogP contribution in [0.1, 0.15) is 21.1 Å². The van der Waals surface area contributed by atoms with Gasteiger partial charge >= 0.3 is 5.97 Å². The van der Waals surface area contributed by atoms with Crippen LogP contribution in [-0.4, -0.2) is 37.5 Å². The van der Waals surface area contributed by atoms with E-state index in [1.807, 2.05) is 0 Å². The molecule has 0 spiro atoms. The lowest BCUT2D eigenvalue weighted by Gasteiger charge is -2.01. The Bertz CT molecular complexity index is 715. The molecule has 0 aliphatic carbocycles. The lowest BCUT2D eigenvalue weighted by molar-refractivity contribution is -0.105. The first-order valence-corrected chi connectivity index (χ1v) is 5.87. The summed E-state index contributed by atoms with van der Waals surface area (Å²) in [5, 5.41) is 13.8. The van der Waals surface area contributed by atoms with E-state index in [0.717, 1.165) is 0 Å². The molecule has 0 aliphatic heterocycles. The molecule has 9 nitrogen and oxygen atoms in total. The molecule has 9 heteroatoms. The number of nitrogens with zero attached hydrogens (tertiary/aromatic N) is 3. The van der Waals surface area contributed by atoms with Crippen LogP contribution < -0.4 is 10.6 Å². The summed E-state index contributed by atoms with van der Waals surface area (Å²) in [4.78, 5) is 37.3. The molecule has 0 radical (unpaired) electrons. The molecule has 2 aromatic rings. The van der Waals surface area contributed by atoms with Gasteiger partial charge in [0.2, 0.25) is 12.2 Å². The van der Waals surface area contributed by atoms with Crippen LogP contribution in [0.25, 0.3) is 0 Å². The predicted octanol–water partition coefficient (Wildman–Crippen LogP) is 0.277. The highest BCUT2D eigenvalue weighted by atomic mass is 16.4. The van der Waals surface area contributed by atoms with Crippen molar-refractivity contribution in [2.75, 3.05) is 10.6 Å². The van der Waals surface area contributed by atoms with Crippen molar-refractivity contribution in [1.82, 2.24) is 14.1 Å². The molecule has 2 aromatic heterocycles. The first kappa shape index (κ1) is 14.3. The number of nitrogens with one attached hydrogen (secondary N) is 2. The summed E-state index contributed by atoms with van der Waals surface area (Å²) in [6.45, 7) is 0. The van der Waals surface area contributed by atoms with Gasteiger partial charge in [-0.2, -0.15) is 0 Å². The highest BCUT2D eigenvalue weighted by Gasteiger charge is 2.16. The number of carbonyl (C=O) groups is 3. The van der Waals surface area contributed by atoms with Crippen LogP contribution in [0.5, 0.6) is 0 Å². The molecule has 0 aliphatic rings. The van der Waals surface area contributed by atoms with Crippen molar-refractivity contribution in [3.8, 4) is 0 Å². The Morgan fingerprint density at radius 1 is 1.29 bits per heavy atom. The Morgan fingerprint density at radius 2 is 2.00 bits per heavy atom. The average molecular weight is 291 g/mol. The molecule has 110 valence electrons. The van der Waals surface area contributed by atoms with Gasteiger partial charge < -0.3 is 24.9 Å². The van der Waals surface area contributed by atoms with Crippen LogP contribution in [-0.2, 0) is 18.9 Å². The Morgan fingerprint density at radius 3 is 2.57 bits per heavy atom. The number of anilines is 2. The summed E-state index contributed by atoms with van der Waals surface area (Å²) in [5.41, 5.74) is 0.390. The maximum Gasteiger partial charge on any atom is 0.352 e. The minimum atomic E-state index is -1.09. The standard InChI is InChI=1S/C12H13N5O4/c1-16-4-7(3-8(16)12(20)21)14-11(19)10-15-9(13-6-18)5-17(10)2/h3-6H,1-2H3,(H,13,18)(H,14,19)(H,20,21). The monoisotopic (exact) mass is 291 g/mol. The molecular formula is C12H13N5O4. The van der Waals surface area contributed by atoms with Gasteiger partial charge in [0.25, 0.3) is 5.91 Å². The lowest BCUT2D eigenvalue weighted by atomic mass is 10.4. The summed E-state index contributed by atoms with van der Waals surface area (Å²) in [5.74, 6) is -1.27. The molecule has 0 saturated carbocycles. The number of imidazole rings is 1. The average Bonchev–Trinajstić information content (AvgIpc) is 2.93. The smallest absolute Gasteiger partial charge is 0.352 e. The van der Waals surface area contributed by atoms with Crippen LogP contribution in [0.15, 0.2) is 18.5 Å². The molecule has 21 heavy (non-hydrogen) atoms. The topological polar surface area (TPSA) is 118 Å². The van der Waals surface area contributed by atoms with Crippen LogP contribution in [0.2, 0.25) is 0 Å². The molecule has 3 N–H and O–H groups in total. The van der Waals surface area contributed by atoms with E-state index in [0.29, 0.717) is 12.1 Å². The van der Waals surface area contributed by atoms with Crippen molar-refractivity contribution in [2.24, 2.45) is 14.1 Å². The van der Waals surface area contributed by atoms with Crippen LogP contribution in [0.4, 0.5) is 11.5 Å². The van der Waals surface area contributed by atoms with Crippen molar-refractivity contribution in [1.29, 1.82) is 0 Å². The van der Waals surface area contributed by atoms with Gasteiger partial charge in [-0.3, -0.25) is 9.59 Å². The number of aryl methyl sites for hydroxylation is 2. The van der Waals surface area contributed by atoms with Crippen molar-refractivity contribution >= 4 is 29.8 Å². The third kappa shape index (κ3) is 2.91. The summed E-state index contributed by atoms with van der Waals surface area (Å²) in [7, 11) is 3.16. The normalized spacial score (nSPS) is 10.2. The van der Waals surface area contributed by atoms with Gasteiger partial charge in [0.05, 0.1) is 5.69 Å². The second-order valence-corrected chi connectivity index (χ2v) is 4.31. The van der Waals surface area contributed by atoms with Gasteiger partial charge in [-0.1, -0.05) is 0 Å². The van der Waals surface area contributed by atoms with Crippen molar-refractivity contribution in [3.63, 3.8) is 0 Å². The SMILES string of the molecule is Cn1cc(NC(=O)c2nc(NC=O)cn2C)cc1C(=O)O. The second-order valence-electron chi connectivity index (χ2n) is 4.31. The van der Waals surface area contributed by atoms with Crippen molar-refractivity contribution in [2.45, 2.75) is 0 Å². The number of aromatic carboxylic acids is 1. The van der Waals surface area contributed by atoms with Gasteiger partial charge in [0, 0.05) is 26.5 Å². The number of carbonyl (C=O) groups excluding carboxylic acids is 2. The summed E-state index contributed by atoms with van der Waals surface area (Å²) in [6, 6.07) is 1.34. The van der Waals surface area contributed by atoms with Crippen LogP contribution in [0.3, 0.4) is 0 Å². The second kappa shape index (κ2) is 5.49. The Kier molecular flexibility index (Phi) is 3.74. The third-order valence-electron chi connectivity index (χ3n) is 2.77. The minimum absolute atomic E-state index is 0.0495. The zero-order valence-corrected chi connectivity index (χ0v) is 11.3. The number of hydrogen-bond donors (Lipinski definition) is 3. The van der Waals surface area contributed by atoms with Crippen LogP contribution >= 0.6 is 0 Å². The predicted molar refractivity (Wildman–Crippen MR) is 73.2 cm³/mol. The van der Waals surface area contributed by atoms with E-state index >= 15 is 0 Å². The van der Waals surface area contributed by atoms with E-state index in [1.54, 1.807) is 14.1 Å². The Hall–Kier alpha value is -3.10. The number of carboxylic acid groups (broad SMARTS) is 1. The molecule has 0 atom stereocenters. The van der Waals surface area contributed by atoms with Crippen molar-refractivity contribution < 1.29 is 19.5 Å². The van der Waals surface area contributed by atoms with Crippen molar-refractivity contribution in [3.05, 3.63) is 30.0 Å². The summed E-state index contributed by atoms with van der Waals surface area (Å²) >= 11 is 0. The van der Waals surface area contributed by atoms with Gasteiger partial charge in [0.15, 0.2) is 5.82 Å². The quantitative estimate of drug-likeness (QED) is 0.684. The third-order valence-corrected chi connectivity index (χ3v) is 2.77.